The number of anilines is 1. The summed E-state index contributed by atoms with van der Waals surface area (Å²) >= 11 is 1.03. The summed E-state index contributed by atoms with van der Waals surface area (Å²) in [7, 11) is 1.56. The van der Waals surface area contributed by atoms with Gasteiger partial charge in [-0.3, -0.25) is 10.1 Å². The molecule has 1 aromatic heterocycles. The van der Waals surface area contributed by atoms with Crippen LogP contribution in [-0.2, 0) is 15.1 Å². The molecule has 2 N–H and O–H groups in total. The minimum Gasteiger partial charge on any atom is -0.478 e. The van der Waals surface area contributed by atoms with Crippen LogP contribution in [0.3, 0.4) is 0 Å². The summed E-state index contributed by atoms with van der Waals surface area (Å²) in [5, 5.41) is 13.1. The number of halogens is 3. The van der Waals surface area contributed by atoms with E-state index in [1.165, 1.54) is 6.92 Å². The zero-order valence-corrected chi connectivity index (χ0v) is 22.7. The van der Waals surface area contributed by atoms with Crippen molar-refractivity contribution in [3.05, 3.63) is 75.4 Å². The largest absolute Gasteiger partial charge is 0.478 e. The molecule has 0 bridgehead atoms. The second-order valence-electron chi connectivity index (χ2n) is 9.45. The van der Waals surface area contributed by atoms with Gasteiger partial charge in [-0.2, -0.15) is 0 Å². The summed E-state index contributed by atoms with van der Waals surface area (Å²) in [4.78, 5) is 27.9. The van der Waals surface area contributed by atoms with Crippen molar-refractivity contribution in [3.63, 3.8) is 0 Å². The molecule has 0 radical (unpaired) electrons. The Morgan fingerprint density at radius 2 is 1.71 bits per heavy atom. The average Bonchev–Trinajstić information content (AvgIpc) is 3.30. The summed E-state index contributed by atoms with van der Waals surface area (Å²) in [6, 6.07) is 6.60. The second-order valence-corrected chi connectivity index (χ2v) is 10.3. The Bertz CT molecular complexity index is 1370. The number of carboxylic acid groups (broad SMARTS) is 1. The molecule has 10 heteroatoms. The Labute approximate surface area is 223 Å². The van der Waals surface area contributed by atoms with Crippen LogP contribution in [0.15, 0.2) is 41.3 Å². The standard InChI is InChI=1S/C28H29F3N2O4S/c1-14(2)28(37-6,15(3)4)20-9-7-8-18(24(20)31)23-13-38-27(32-23)33-25(34)17-11-21(29)19(22(30)12-17)10-16(5)26(35)36/h7-15H,1-6H3,(H,35,36)(H,32,33,34). The highest BCUT2D eigenvalue weighted by Gasteiger charge is 2.41. The molecule has 0 atom stereocenters. The third kappa shape index (κ3) is 5.51. The second kappa shape index (κ2) is 11.5. The number of nitrogens with one attached hydrogen (secondary N) is 1. The lowest BCUT2D eigenvalue weighted by Gasteiger charge is -2.41. The number of ether oxygens (including phenoxy) is 1. The fourth-order valence-electron chi connectivity index (χ4n) is 4.66. The van der Waals surface area contributed by atoms with E-state index in [2.05, 4.69) is 10.3 Å². The topological polar surface area (TPSA) is 88.5 Å². The lowest BCUT2D eigenvalue weighted by molar-refractivity contribution is -0.132. The summed E-state index contributed by atoms with van der Waals surface area (Å²) in [5.41, 5.74) is -1.12. The number of carbonyl (C=O) groups is 2. The first-order chi connectivity index (χ1) is 17.8. The van der Waals surface area contributed by atoms with Gasteiger partial charge in [0.2, 0.25) is 0 Å². The molecule has 2 aromatic carbocycles. The van der Waals surface area contributed by atoms with Gasteiger partial charge in [-0.1, -0.05) is 39.8 Å². The number of benzene rings is 2. The highest BCUT2D eigenvalue weighted by Crippen LogP contribution is 2.43. The van der Waals surface area contributed by atoms with Crippen LogP contribution in [0.2, 0.25) is 0 Å². The van der Waals surface area contributed by atoms with Gasteiger partial charge >= 0.3 is 5.97 Å². The zero-order valence-electron chi connectivity index (χ0n) is 21.9. The predicted molar refractivity (Wildman–Crippen MR) is 141 cm³/mol. The smallest absolute Gasteiger partial charge is 0.331 e. The summed E-state index contributed by atoms with van der Waals surface area (Å²) in [6.07, 6.45) is 0.849. The minimum absolute atomic E-state index is 0.0294. The monoisotopic (exact) mass is 546 g/mol. The fraction of sp³-hybridized carbons (Fsp3) is 0.321. The van der Waals surface area contributed by atoms with Crippen molar-refractivity contribution in [2.24, 2.45) is 11.8 Å². The Morgan fingerprint density at radius 3 is 2.24 bits per heavy atom. The molecule has 0 fully saturated rings. The number of carboxylic acids is 1. The highest BCUT2D eigenvalue weighted by molar-refractivity contribution is 7.14. The first-order valence-electron chi connectivity index (χ1n) is 11.8. The number of aliphatic carboxylic acids is 1. The number of aromatic nitrogens is 1. The lowest BCUT2D eigenvalue weighted by Crippen LogP contribution is -2.40. The number of carbonyl (C=O) groups excluding carboxylic acids is 1. The van der Waals surface area contributed by atoms with E-state index >= 15 is 4.39 Å². The average molecular weight is 547 g/mol. The van der Waals surface area contributed by atoms with Crippen LogP contribution in [0.1, 0.15) is 56.1 Å². The van der Waals surface area contributed by atoms with Gasteiger partial charge in [-0.25, -0.2) is 22.9 Å². The SMILES string of the molecule is COC(c1cccc(-c2csc(NC(=O)c3cc(F)c(C=C(C)C(=O)O)c(F)c3)n2)c1F)(C(C)C)C(C)C. The molecule has 0 aliphatic carbocycles. The van der Waals surface area contributed by atoms with Crippen molar-refractivity contribution in [3.8, 4) is 11.3 Å². The Balaban J connectivity index is 1.91. The summed E-state index contributed by atoms with van der Waals surface area (Å²) in [6.45, 7) is 9.06. The van der Waals surface area contributed by atoms with Crippen LogP contribution in [-0.4, -0.2) is 29.1 Å². The molecule has 6 nitrogen and oxygen atoms in total. The van der Waals surface area contributed by atoms with E-state index in [0.29, 0.717) is 5.56 Å². The van der Waals surface area contributed by atoms with Crippen molar-refractivity contribution < 1.29 is 32.6 Å². The normalized spacial score (nSPS) is 12.3. The van der Waals surface area contributed by atoms with Crippen LogP contribution in [0, 0.1) is 29.3 Å². The number of hydrogen-bond acceptors (Lipinski definition) is 5. The van der Waals surface area contributed by atoms with Gasteiger partial charge in [0, 0.05) is 40.3 Å². The van der Waals surface area contributed by atoms with E-state index < -0.39 is 40.5 Å². The Hall–Kier alpha value is -3.50. The van der Waals surface area contributed by atoms with E-state index in [-0.39, 0.29) is 39.4 Å². The third-order valence-electron chi connectivity index (χ3n) is 6.51. The van der Waals surface area contributed by atoms with E-state index in [1.807, 2.05) is 27.7 Å². The van der Waals surface area contributed by atoms with Gasteiger partial charge < -0.3 is 9.84 Å². The molecule has 0 spiro atoms. The zero-order chi connectivity index (χ0) is 28.4. The maximum Gasteiger partial charge on any atom is 0.331 e. The van der Waals surface area contributed by atoms with Gasteiger partial charge in [-0.15, -0.1) is 11.3 Å². The first-order valence-corrected chi connectivity index (χ1v) is 12.7. The van der Waals surface area contributed by atoms with E-state index in [9.17, 15) is 18.4 Å². The number of rotatable bonds is 9. The van der Waals surface area contributed by atoms with Crippen molar-refractivity contribution in [1.29, 1.82) is 0 Å². The first kappa shape index (κ1) is 29.1. The van der Waals surface area contributed by atoms with Gasteiger partial charge in [0.25, 0.3) is 5.91 Å². The van der Waals surface area contributed by atoms with Crippen LogP contribution >= 0.6 is 11.3 Å². The molecule has 202 valence electrons. The van der Waals surface area contributed by atoms with Crippen molar-refractivity contribution in [2.45, 2.75) is 40.2 Å². The van der Waals surface area contributed by atoms with E-state index in [4.69, 9.17) is 9.84 Å². The minimum atomic E-state index is -1.33. The van der Waals surface area contributed by atoms with Crippen LogP contribution in [0.5, 0.6) is 0 Å². The van der Waals surface area contributed by atoms with Gasteiger partial charge in [-0.05, 0) is 43.0 Å². The fourth-order valence-corrected chi connectivity index (χ4v) is 5.36. The van der Waals surface area contributed by atoms with Crippen molar-refractivity contribution >= 4 is 34.4 Å². The Kier molecular flexibility index (Phi) is 8.79. The van der Waals surface area contributed by atoms with Crippen LogP contribution in [0.25, 0.3) is 17.3 Å². The number of amides is 1. The quantitative estimate of drug-likeness (QED) is 0.279. The summed E-state index contributed by atoms with van der Waals surface area (Å²) in [5.74, 6) is -4.88. The number of thiazole rings is 1. The third-order valence-corrected chi connectivity index (χ3v) is 7.27. The molecule has 0 aliphatic heterocycles. The summed E-state index contributed by atoms with van der Waals surface area (Å²) < 4.78 is 50.6. The molecule has 0 unspecified atom stereocenters. The molecular weight excluding hydrogens is 517 g/mol. The number of hydrogen-bond donors (Lipinski definition) is 2. The molecule has 0 aliphatic rings. The maximum absolute atomic E-state index is 15.8. The van der Waals surface area contributed by atoms with Gasteiger partial charge in [0.15, 0.2) is 5.13 Å². The van der Waals surface area contributed by atoms with E-state index in [1.54, 1.807) is 30.7 Å². The van der Waals surface area contributed by atoms with Crippen molar-refractivity contribution in [2.75, 3.05) is 12.4 Å². The molecule has 1 heterocycles. The molecular formula is C28H29F3N2O4S. The van der Waals surface area contributed by atoms with E-state index in [0.717, 1.165) is 29.5 Å². The Morgan fingerprint density at radius 1 is 1.11 bits per heavy atom. The molecule has 3 aromatic rings. The predicted octanol–water partition coefficient (Wildman–Crippen LogP) is 7.12. The van der Waals surface area contributed by atoms with Gasteiger partial charge in [0.05, 0.1) is 5.69 Å². The molecule has 38 heavy (non-hydrogen) atoms. The highest BCUT2D eigenvalue weighted by atomic mass is 32.1. The molecule has 1 amide bonds. The lowest BCUT2D eigenvalue weighted by atomic mass is 9.74. The molecule has 3 rings (SSSR count). The van der Waals surface area contributed by atoms with Gasteiger partial charge in [0.1, 0.15) is 23.1 Å². The molecule has 0 saturated heterocycles. The van der Waals surface area contributed by atoms with Crippen LogP contribution in [0.4, 0.5) is 18.3 Å². The number of nitrogens with zero attached hydrogens (tertiary/aromatic N) is 1. The van der Waals surface area contributed by atoms with Crippen LogP contribution < -0.4 is 5.32 Å². The van der Waals surface area contributed by atoms with Crippen molar-refractivity contribution in [1.82, 2.24) is 4.98 Å². The molecule has 0 saturated carbocycles. The maximum atomic E-state index is 15.8. The number of methoxy groups -OCH3 is 1.